The van der Waals surface area contributed by atoms with Crippen molar-refractivity contribution < 1.29 is 15.0 Å². The molecule has 1 unspecified atom stereocenters. The topological polar surface area (TPSA) is 125 Å². The van der Waals surface area contributed by atoms with Gasteiger partial charge in [-0.15, -0.1) is 11.3 Å². The van der Waals surface area contributed by atoms with Gasteiger partial charge in [-0.05, 0) is 43.2 Å². The van der Waals surface area contributed by atoms with Gasteiger partial charge in [0, 0.05) is 13.6 Å². The van der Waals surface area contributed by atoms with Crippen molar-refractivity contribution in [2.24, 2.45) is 11.3 Å². The molecule has 4 rings (SSSR count). The van der Waals surface area contributed by atoms with Crippen LogP contribution in [0.5, 0.6) is 0 Å². The van der Waals surface area contributed by atoms with E-state index in [2.05, 4.69) is 37.4 Å². The number of thiophene rings is 1. The van der Waals surface area contributed by atoms with Crippen molar-refractivity contribution in [2.75, 3.05) is 18.9 Å². The minimum Gasteiger partial charge on any atom is -0.389 e. The molecule has 5 atom stereocenters. The maximum absolute atomic E-state index is 12.7. The summed E-state index contributed by atoms with van der Waals surface area (Å²) in [5.74, 6) is 6.09. The molecule has 9 nitrogen and oxygen atoms in total. The molecule has 0 spiro atoms. The van der Waals surface area contributed by atoms with E-state index in [0.29, 0.717) is 27.9 Å². The Kier molecular flexibility index (Phi) is 6.82. The SMILES string of the molecule is CCCNc1nc(C#Cc2ccc(Cl)s2)nc2c1ncn2[C@H]1[C@H](O)[C@H](O)C(C)(C(=O)NC)[C@@H]1C. The number of aliphatic hydroxyl groups is 2. The summed E-state index contributed by atoms with van der Waals surface area (Å²) in [4.78, 5) is 27.1. The van der Waals surface area contributed by atoms with Crippen molar-refractivity contribution in [3.63, 3.8) is 0 Å². The monoisotopic (exact) mass is 502 g/mol. The molecule has 11 heteroatoms. The van der Waals surface area contributed by atoms with E-state index in [-0.39, 0.29) is 11.7 Å². The second-order valence-electron chi connectivity index (χ2n) is 8.58. The van der Waals surface area contributed by atoms with Crippen LogP contribution < -0.4 is 10.6 Å². The molecule has 0 bridgehead atoms. The van der Waals surface area contributed by atoms with Gasteiger partial charge in [-0.25, -0.2) is 15.0 Å². The van der Waals surface area contributed by atoms with Crippen molar-refractivity contribution in [3.8, 4) is 11.8 Å². The van der Waals surface area contributed by atoms with Gasteiger partial charge in [-0.2, -0.15) is 0 Å². The first-order chi connectivity index (χ1) is 16.2. The standard InChI is InChI=1S/C23H27ClN6O3S/c1-5-10-26-20-16-21(29-15(28-20)9-7-13-6-8-14(24)34-13)30(11-27-16)17-12(2)23(3,22(33)25-4)19(32)18(17)31/h6,8,11-12,17-19,31-32H,5,10H2,1-4H3,(H,25,33)(H,26,28,29)/t12-,17-,18+,19+,23?/m1/s1. The minimum absolute atomic E-state index is 0.284. The molecule has 3 aromatic rings. The van der Waals surface area contributed by atoms with Crippen LogP contribution in [0.1, 0.15) is 43.9 Å². The van der Waals surface area contributed by atoms with E-state index < -0.39 is 29.6 Å². The average Bonchev–Trinajstić information content (AvgIpc) is 3.49. The van der Waals surface area contributed by atoms with Crippen LogP contribution in [-0.2, 0) is 4.79 Å². The van der Waals surface area contributed by atoms with Crippen molar-refractivity contribution in [2.45, 2.75) is 45.4 Å². The zero-order valence-electron chi connectivity index (χ0n) is 19.3. The fourth-order valence-electron chi connectivity index (χ4n) is 4.53. The number of fused-ring (bicyclic) bond motifs is 1. The summed E-state index contributed by atoms with van der Waals surface area (Å²) >= 11 is 7.37. The third kappa shape index (κ3) is 4.03. The summed E-state index contributed by atoms with van der Waals surface area (Å²) in [6.45, 7) is 6.23. The largest absolute Gasteiger partial charge is 0.389 e. The third-order valence-electron chi connectivity index (χ3n) is 6.62. The van der Waals surface area contributed by atoms with Crippen LogP contribution >= 0.6 is 22.9 Å². The van der Waals surface area contributed by atoms with Crippen molar-refractivity contribution in [3.05, 3.63) is 33.5 Å². The number of imidazole rings is 1. The zero-order chi connectivity index (χ0) is 24.6. The molecule has 180 valence electrons. The van der Waals surface area contributed by atoms with Crippen LogP contribution in [0.4, 0.5) is 5.82 Å². The van der Waals surface area contributed by atoms with E-state index in [1.54, 1.807) is 23.9 Å². The van der Waals surface area contributed by atoms with Gasteiger partial charge in [0.15, 0.2) is 17.0 Å². The fourth-order valence-corrected chi connectivity index (χ4v) is 5.43. The first-order valence-electron chi connectivity index (χ1n) is 11.1. The Labute approximate surface area is 206 Å². The van der Waals surface area contributed by atoms with Crippen molar-refractivity contribution in [1.82, 2.24) is 24.8 Å². The number of carbonyl (C=O) groups excluding carboxylic acids is 1. The number of aromatic nitrogens is 4. The average molecular weight is 503 g/mol. The van der Waals surface area contributed by atoms with E-state index in [1.807, 2.05) is 19.9 Å². The Morgan fingerprint density at radius 2 is 2.09 bits per heavy atom. The molecule has 3 heterocycles. The maximum atomic E-state index is 12.7. The highest BCUT2D eigenvalue weighted by Crippen LogP contribution is 2.50. The number of nitrogens with one attached hydrogen (secondary N) is 2. The smallest absolute Gasteiger partial charge is 0.228 e. The molecule has 3 aromatic heterocycles. The van der Waals surface area contributed by atoms with E-state index in [9.17, 15) is 15.0 Å². The van der Waals surface area contributed by atoms with Gasteiger partial charge in [0.05, 0.1) is 33.1 Å². The molecule has 0 aliphatic heterocycles. The molecule has 1 aliphatic carbocycles. The third-order valence-corrected chi connectivity index (χ3v) is 7.76. The quantitative estimate of drug-likeness (QED) is 0.395. The Balaban J connectivity index is 1.82. The molecule has 1 fully saturated rings. The zero-order valence-corrected chi connectivity index (χ0v) is 20.9. The van der Waals surface area contributed by atoms with E-state index in [1.165, 1.54) is 18.4 Å². The van der Waals surface area contributed by atoms with Crippen molar-refractivity contribution >= 4 is 45.8 Å². The lowest BCUT2D eigenvalue weighted by Gasteiger charge is -2.31. The van der Waals surface area contributed by atoms with Crippen LogP contribution in [0.3, 0.4) is 0 Å². The van der Waals surface area contributed by atoms with Gasteiger partial charge in [-0.1, -0.05) is 25.4 Å². The van der Waals surface area contributed by atoms with E-state index in [4.69, 9.17) is 11.6 Å². The Morgan fingerprint density at radius 1 is 1.32 bits per heavy atom. The fraction of sp³-hybridized carbons (Fsp3) is 0.478. The number of hydrogen-bond donors (Lipinski definition) is 4. The van der Waals surface area contributed by atoms with E-state index in [0.717, 1.165) is 11.3 Å². The first kappa shape index (κ1) is 24.4. The Morgan fingerprint density at radius 3 is 2.74 bits per heavy atom. The summed E-state index contributed by atoms with van der Waals surface area (Å²) in [5.41, 5.74) is -0.195. The van der Waals surface area contributed by atoms with Crippen LogP contribution in [-0.4, -0.2) is 61.4 Å². The highest BCUT2D eigenvalue weighted by Gasteiger charge is 2.60. The molecule has 0 radical (unpaired) electrons. The molecular formula is C23H27ClN6O3S. The second kappa shape index (κ2) is 9.50. The molecule has 0 aromatic carbocycles. The summed E-state index contributed by atoms with van der Waals surface area (Å²) in [6.07, 6.45) is 0.00169. The van der Waals surface area contributed by atoms with Gasteiger partial charge in [0.25, 0.3) is 0 Å². The Bertz CT molecular complexity index is 1280. The van der Waals surface area contributed by atoms with E-state index >= 15 is 0 Å². The van der Waals surface area contributed by atoms with Gasteiger partial charge >= 0.3 is 0 Å². The van der Waals surface area contributed by atoms with Crippen LogP contribution in [0, 0.1) is 23.2 Å². The predicted octanol–water partition coefficient (Wildman–Crippen LogP) is 2.43. The van der Waals surface area contributed by atoms with Crippen LogP contribution in [0.2, 0.25) is 4.34 Å². The summed E-state index contributed by atoms with van der Waals surface area (Å²) < 4.78 is 2.36. The number of amides is 1. The summed E-state index contributed by atoms with van der Waals surface area (Å²) in [6, 6.07) is 2.98. The van der Waals surface area contributed by atoms with Gasteiger partial charge in [0.1, 0.15) is 6.10 Å². The Hall–Kier alpha value is -2.71. The van der Waals surface area contributed by atoms with Crippen LogP contribution in [0.15, 0.2) is 18.5 Å². The number of carbonyl (C=O) groups is 1. The molecule has 34 heavy (non-hydrogen) atoms. The molecule has 1 aliphatic rings. The number of halogens is 1. The number of aliphatic hydroxyl groups excluding tert-OH is 2. The number of hydrogen-bond acceptors (Lipinski definition) is 8. The lowest BCUT2D eigenvalue weighted by Crippen LogP contribution is -2.47. The molecule has 0 saturated heterocycles. The van der Waals surface area contributed by atoms with Gasteiger partial charge < -0.3 is 25.4 Å². The van der Waals surface area contributed by atoms with Crippen molar-refractivity contribution in [1.29, 1.82) is 0 Å². The molecule has 1 amide bonds. The number of rotatable bonds is 5. The summed E-state index contributed by atoms with van der Waals surface area (Å²) in [7, 11) is 1.52. The van der Waals surface area contributed by atoms with Gasteiger partial charge in [-0.3, -0.25) is 4.79 Å². The first-order valence-corrected chi connectivity index (χ1v) is 12.3. The number of nitrogens with zero attached hydrogens (tertiary/aromatic N) is 4. The molecular weight excluding hydrogens is 476 g/mol. The van der Waals surface area contributed by atoms with Crippen LogP contribution in [0.25, 0.3) is 11.2 Å². The normalized spacial score (nSPS) is 26.3. The predicted molar refractivity (Wildman–Crippen MR) is 132 cm³/mol. The molecule has 1 saturated carbocycles. The second-order valence-corrected chi connectivity index (χ2v) is 10.3. The lowest BCUT2D eigenvalue weighted by molar-refractivity contribution is -0.139. The lowest BCUT2D eigenvalue weighted by atomic mass is 9.77. The summed E-state index contributed by atoms with van der Waals surface area (Å²) in [5, 5.41) is 27.7. The number of anilines is 1. The highest BCUT2D eigenvalue weighted by atomic mass is 35.5. The molecule has 4 N–H and O–H groups in total. The highest BCUT2D eigenvalue weighted by molar-refractivity contribution is 7.16. The van der Waals surface area contributed by atoms with Gasteiger partial charge in [0.2, 0.25) is 11.7 Å². The maximum Gasteiger partial charge on any atom is 0.228 e. The minimum atomic E-state index is -1.26.